The summed E-state index contributed by atoms with van der Waals surface area (Å²) < 4.78 is 38.4. The number of rotatable bonds is 5. The van der Waals surface area contributed by atoms with Gasteiger partial charge in [-0.15, -0.1) is 0 Å². The molecule has 2 aromatic rings. The maximum atomic E-state index is 13.4. The fraction of sp³-hybridized carbons (Fsp3) is 0.133. The van der Waals surface area contributed by atoms with Gasteiger partial charge in [0, 0.05) is 10.9 Å². The Kier molecular flexibility index (Phi) is 5.31. The lowest BCUT2D eigenvalue weighted by atomic mass is 10.3. The Balaban J connectivity index is 1.98. The van der Waals surface area contributed by atoms with Gasteiger partial charge in [-0.2, -0.15) is 0 Å². The molecule has 2 rings (SSSR count). The van der Waals surface area contributed by atoms with Crippen molar-refractivity contribution in [2.45, 2.75) is 11.3 Å². The van der Waals surface area contributed by atoms with Gasteiger partial charge in [0.25, 0.3) is 0 Å². The van der Waals surface area contributed by atoms with Crippen LogP contribution in [0.4, 0.5) is 10.1 Å². The number of nitrogens with one attached hydrogen (secondary N) is 1. The van der Waals surface area contributed by atoms with Crippen LogP contribution in [0.25, 0.3) is 0 Å². The Morgan fingerprint density at radius 1 is 1.09 bits per heavy atom. The van der Waals surface area contributed by atoms with E-state index in [1.807, 2.05) is 0 Å². The summed E-state index contributed by atoms with van der Waals surface area (Å²) in [6.45, 7) is 0. The molecule has 0 heterocycles. The van der Waals surface area contributed by atoms with E-state index in [1.165, 1.54) is 30.3 Å². The number of hydrogen-bond donors (Lipinski definition) is 1. The zero-order valence-corrected chi connectivity index (χ0v) is 13.8. The third-order valence-electron chi connectivity index (χ3n) is 2.92. The maximum Gasteiger partial charge on any atom is 0.225 e. The van der Waals surface area contributed by atoms with Gasteiger partial charge >= 0.3 is 0 Å². The fourth-order valence-corrected chi connectivity index (χ4v) is 3.27. The Bertz CT molecular complexity index is 776. The summed E-state index contributed by atoms with van der Waals surface area (Å²) in [7, 11) is -3.55. The first-order valence-electron chi connectivity index (χ1n) is 6.41. The molecule has 0 unspecified atom stereocenters. The largest absolute Gasteiger partial charge is 0.324 e. The summed E-state index contributed by atoms with van der Waals surface area (Å²) in [5.74, 6) is -1.45. The van der Waals surface area contributed by atoms with E-state index in [4.69, 9.17) is 0 Å². The number of sulfone groups is 1. The van der Waals surface area contributed by atoms with Crippen molar-refractivity contribution in [1.82, 2.24) is 0 Å². The highest BCUT2D eigenvalue weighted by Gasteiger charge is 2.17. The van der Waals surface area contributed by atoms with Crippen molar-refractivity contribution in [2.24, 2.45) is 0 Å². The molecule has 4 nitrogen and oxygen atoms in total. The van der Waals surface area contributed by atoms with Crippen LogP contribution >= 0.6 is 15.9 Å². The van der Waals surface area contributed by atoms with Gasteiger partial charge in [-0.25, -0.2) is 12.8 Å². The lowest BCUT2D eigenvalue weighted by molar-refractivity contribution is -0.115. The molecule has 0 atom stereocenters. The first kappa shape index (κ1) is 16.6. The van der Waals surface area contributed by atoms with Gasteiger partial charge < -0.3 is 5.32 Å². The van der Waals surface area contributed by atoms with E-state index < -0.39 is 21.6 Å². The molecule has 1 amide bonds. The first-order chi connectivity index (χ1) is 10.4. The highest BCUT2D eigenvalue weighted by Crippen LogP contribution is 2.17. The summed E-state index contributed by atoms with van der Waals surface area (Å²) in [5, 5.41) is 2.36. The molecule has 0 fully saturated rings. The molecule has 0 spiro atoms. The molecule has 0 aliphatic heterocycles. The van der Waals surface area contributed by atoms with Crippen LogP contribution in [-0.2, 0) is 14.6 Å². The molecular formula is C15H13BrFNO3S. The highest BCUT2D eigenvalue weighted by molar-refractivity contribution is 9.10. The second-order valence-corrected chi connectivity index (χ2v) is 7.58. The van der Waals surface area contributed by atoms with E-state index in [-0.39, 0.29) is 22.8 Å². The van der Waals surface area contributed by atoms with Crippen molar-refractivity contribution < 1.29 is 17.6 Å². The van der Waals surface area contributed by atoms with Gasteiger partial charge in [0.15, 0.2) is 9.84 Å². The number of carbonyl (C=O) groups excluding carboxylic acids is 1. The molecular weight excluding hydrogens is 373 g/mol. The minimum atomic E-state index is -3.55. The Morgan fingerprint density at radius 3 is 2.36 bits per heavy atom. The number of para-hydroxylation sites is 1. The Morgan fingerprint density at radius 2 is 1.73 bits per heavy atom. The van der Waals surface area contributed by atoms with Crippen molar-refractivity contribution >= 4 is 37.4 Å². The van der Waals surface area contributed by atoms with Gasteiger partial charge in [-0.3, -0.25) is 4.79 Å². The molecule has 2 aromatic carbocycles. The number of benzene rings is 2. The van der Waals surface area contributed by atoms with Crippen LogP contribution in [-0.4, -0.2) is 20.1 Å². The summed E-state index contributed by atoms with van der Waals surface area (Å²) in [6.07, 6.45) is -0.243. The van der Waals surface area contributed by atoms with E-state index in [1.54, 1.807) is 18.2 Å². The van der Waals surface area contributed by atoms with Crippen LogP contribution in [0, 0.1) is 5.82 Å². The molecule has 0 saturated carbocycles. The predicted octanol–water partition coefficient (Wildman–Crippen LogP) is 3.39. The van der Waals surface area contributed by atoms with E-state index in [0.29, 0.717) is 0 Å². The van der Waals surface area contributed by atoms with Gasteiger partial charge in [0.1, 0.15) is 5.82 Å². The van der Waals surface area contributed by atoms with Crippen molar-refractivity contribution in [1.29, 1.82) is 0 Å². The summed E-state index contributed by atoms with van der Waals surface area (Å²) in [6, 6.07) is 11.9. The molecule has 1 N–H and O–H groups in total. The molecule has 0 aliphatic rings. The second-order valence-electron chi connectivity index (χ2n) is 4.55. The van der Waals surface area contributed by atoms with Crippen LogP contribution < -0.4 is 5.32 Å². The SMILES string of the molecule is O=C(CCS(=O)(=O)c1ccc(Br)cc1)Nc1ccccc1F. The molecule has 7 heteroatoms. The summed E-state index contributed by atoms with van der Waals surface area (Å²) in [5.41, 5.74) is 0.0357. The van der Waals surface area contributed by atoms with Crippen LogP contribution in [0.2, 0.25) is 0 Å². The monoisotopic (exact) mass is 385 g/mol. The van der Waals surface area contributed by atoms with Crippen LogP contribution in [0.3, 0.4) is 0 Å². The highest BCUT2D eigenvalue weighted by atomic mass is 79.9. The zero-order chi connectivity index (χ0) is 16.2. The normalized spacial score (nSPS) is 11.2. The van der Waals surface area contributed by atoms with Gasteiger partial charge in [-0.1, -0.05) is 28.1 Å². The van der Waals surface area contributed by atoms with E-state index in [0.717, 1.165) is 4.47 Å². The van der Waals surface area contributed by atoms with Crippen LogP contribution in [0.15, 0.2) is 57.9 Å². The van der Waals surface area contributed by atoms with Crippen molar-refractivity contribution in [2.75, 3.05) is 11.1 Å². The Labute approximate surface area is 136 Å². The van der Waals surface area contributed by atoms with Crippen molar-refractivity contribution in [3.8, 4) is 0 Å². The lowest BCUT2D eigenvalue weighted by Gasteiger charge is -2.07. The zero-order valence-electron chi connectivity index (χ0n) is 11.4. The number of carbonyl (C=O) groups is 1. The van der Waals surface area contributed by atoms with Gasteiger partial charge in [-0.05, 0) is 36.4 Å². The van der Waals surface area contributed by atoms with E-state index >= 15 is 0 Å². The molecule has 0 bridgehead atoms. The number of hydrogen-bond acceptors (Lipinski definition) is 3. The number of anilines is 1. The first-order valence-corrected chi connectivity index (χ1v) is 8.86. The van der Waals surface area contributed by atoms with E-state index in [2.05, 4.69) is 21.2 Å². The predicted molar refractivity (Wildman–Crippen MR) is 85.8 cm³/mol. The molecule has 0 aromatic heterocycles. The average molecular weight is 386 g/mol. The lowest BCUT2D eigenvalue weighted by Crippen LogP contribution is -2.18. The smallest absolute Gasteiger partial charge is 0.225 e. The molecule has 0 saturated heterocycles. The molecule has 116 valence electrons. The fourth-order valence-electron chi connectivity index (χ4n) is 1.76. The topological polar surface area (TPSA) is 63.2 Å². The number of amides is 1. The standard InChI is InChI=1S/C15H13BrFNO3S/c16-11-5-7-12(8-6-11)22(20,21)10-9-15(19)18-14-4-2-1-3-13(14)17/h1-8H,9-10H2,(H,18,19). The number of halogens is 2. The second kappa shape index (κ2) is 7.02. The third-order valence-corrected chi connectivity index (χ3v) is 5.18. The molecule has 0 radical (unpaired) electrons. The third kappa shape index (κ3) is 4.38. The van der Waals surface area contributed by atoms with Crippen LogP contribution in [0.1, 0.15) is 6.42 Å². The minimum absolute atomic E-state index is 0.0357. The molecule has 0 aliphatic carbocycles. The maximum absolute atomic E-state index is 13.4. The summed E-state index contributed by atoms with van der Waals surface area (Å²) >= 11 is 3.22. The molecule has 22 heavy (non-hydrogen) atoms. The minimum Gasteiger partial charge on any atom is -0.324 e. The Hall–Kier alpha value is -1.73. The average Bonchev–Trinajstić information content (AvgIpc) is 2.48. The van der Waals surface area contributed by atoms with Crippen LogP contribution in [0.5, 0.6) is 0 Å². The quantitative estimate of drug-likeness (QED) is 0.857. The van der Waals surface area contributed by atoms with Gasteiger partial charge in [0.05, 0.1) is 16.3 Å². The van der Waals surface area contributed by atoms with Gasteiger partial charge in [0.2, 0.25) is 5.91 Å². The van der Waals surface area contributed by atoms with Crippen molar-refractivity contribution in [3.63, 3.8) is 0 Å². The summed E-state index contributed by atoms with van der Waals surface area (Å²) in [4.78, 5) is 11.9. The van der Waals surface area contributed by atoms with Crippen molar-refractivity contribution in [3.05, 3.63) is 58.8 Å². The van der Waals surface area contributed by atoms with E-state index in [9.17, 15) is 17.6 Å².